The van der Waals surface area contributed by atoms with Crippen molar-refractivity contribution in [3.8, 4) is 0 Å². The lowest BCUT2D eigenvalue weighted by Crippen LogP contribution is -2.54. The van der Waals surface area contributed by atoms with E-state index in [0.29, 0.717) is 10.8 Å². The van der Waals surface area contributed by atoms with Gasteiger partial charge in [-0.05, 0) is 53.7 Å². The van der Waals surface area contributed by atoms with Gasteiger partial charge in [-0.15, -0.1) is 11.3 Å². The Balaban J connectivity index is 2.08. The van der Waals surface area contributed by atoms with E-state index in [1.165, 1.54) is 11.3 Å². The highest BCUT2D eigenvalue weighted by molar-refractivity contribution is 9.11. The van der Waals surface area contributed by atoms with Crippen molar-refractivity contribution in [3.05, 3.63) is 15.4 Å². The van der Waals surface area contributed by atoms with Crippen molar-refractivity contribution in [2.45, 2.75) is 35.9 Å². The van der Waals surface area contributed by atoms with E-state index < -0.39 is 10.0 Å². The molecule has 1 aromatic rings. The van der Waals surface area contributed by atoms with Crippen molar-refractivity contribution >= 4 is 37.3 Å². The van der Waals surface area contributed by atoms with Gasteiger partial charge in [0.1, 0.15) is 4.21 Å². The molecule has 1 aromatic heterocycles. The molecule has 1 aliphatic carbocycles. The quantitative estimate of drug-likeness (QED) is 0.881. The molecule has 0 aromatic carbocycles. The molecule has 0 aliphatic heterocycles. The molecule has 1 fully saturated rings. The van der Waals surface area contributed by atoms with E-state index in [1.54, 1.807) is 6.07 Å². The smallest absolute Gasteiger partial charge is 0.250 e. The molecule has 1 aliphatic rings. The minimum Gasteiger partial charge on any atom is -0.324 e. The first-order chi connectivity index (χ1) is 7.82. The molecule has 0 unspecified atom stereocenters. The maximum absolute atomic E-state index is 12.0. The van der Waals surface area contributed by atoms with Gasteiger partial charge in [-0.2, -0.15) is 0 Å². The van der Waals surface area contributed by atoms with E-state index in [1.807, 2.05) is 6.92 Å². The van der Waals surface area contributed by atoms with Crippen molar-refractivity contribution in [1.29, 1.82) is 0 Å². The summed E-state index contributed by atoms with van der Waals surface area (Å²) in [5, 5.41) is 0. The molecule has 2 rings (SSSR count). The van der Waals surface area contributed by atoms with Crippen LogP contribution < -0.4 is 10.5 Å². The minimum absolute atomic E-state index is 0.323. The standard InChI is InChI=1S/C10H15BrN2O2S2/c1-7-5-8(16-9(7)11)17(14,15)13-6-10(12)3-2-4-10/h5,13H,2-4,6,12H2,1H3. The Morgan fingerprint density at radius 3 is 2.65 bits per heavy atom. The average molecular weight is 339 g/mol. The van der Waals surface area contributed by atoms with Crippen LogP contribution in [0, 0.1) is 6.92 Å². The summed E-state index contributed by atoms with van der Waals surface area (Å²) in [4.78, 5) is 0. The largest absolute Gasteiger partial charge is 0.324 e. The molecule has 17 heavy (non-hydrogen) atoms. The molecule has 96 valence electrons. The van der Waals surface area contributed by atoms with Gasteiger partial charge in [0.15, 0.2) is 0 Å². The fourth-order valence-electron chi connectivity index (χ4n) is 1.68. The van der Waals surface area contributed by atoms with E-state index in [9.17, 15) is 8.42 Å². The van der Waals surface area contributed by atoms with Crippen LogP contribution in [0.1, 0.15) is 24.8 Å². The second kappa shape index (κ2) is 4.62. The van der Waals surface area contributed by atoms with Gasteiger partial charge >= 0.3 is 0 Å². The summed E-state index contributed by atoms with van der Waals surface area (Å²) < 4.78 is 27.8. The molecule has 0 bridgehead atoms. The van der Waals surface area contributed by atoms with Gasteiger partial charge < -0.3 is 5.73 Å². The predicted octanol–water partition coefficient (Wildman–Crippen LogP) is 1.98. The van der Waals surface area contributed by atoms with Crippen LogP contribution in [0.5, 0.6) is 0 Å². The SMILES string of the molecule is Cc1cc(S(=O)(=O)NCC2(N)CCC2)sc1Br. The van der Waals surface area contributed by atoms with Crippen LogP contribution in [0.15, 0.2) is 14.1 Å². The van der Waals surface area contributed by atoms with Crippen molar-refractivity contribution in [3.63, 3.8) is 0 Å². The van der Waals surface area contributed by atoms with Gasteiger partial charge in [-0.1, -0.05) is 0 Å². The fraction of sp³-hybridized carbons (Fsp3) is 0.600. The Labute approximate surface area is 114 Å². The van der Waals surface area contributed by atoms with E-state index in [2.05, 4.69) is 20.7 Å². The summed E-state index contributed by atoms with van der Waals surface area (Å²) in [7, 11) is -3.41. The zero-order chi connectivity index (χ0) is 12.7. The number of aryl methyl sites for hydroxylation is 1. The lowest BCUT2D eigenvalue weighted by Gasteiger charge is -2.37. The van der Waals surface area contributed by atoms with Gasteiger partial charge in [-0.3, -0.25) is 0 Å². The maximum Gasteiger partial charge on any atom is 0.250 e. The van der Waals surface area contributed by atoms with Gasteiger partial charge in [-0.25, -0.2) is 13.1 Å². The van der Waals surface area contributed by atoms with Crippen molar-refractivity contribution in [2.75, 3.05) is 6.54 Å². The van der Waals surface area contributed by atoms with E-state index in [0.717, 1.165) is 28.6 Å². The highest BCUT2D eigenvalue weighted by Gasteiger charge is 2.34. The number of hydrogen-bond donors (Lipinski definition) is 2. The number of hydrogen-bond acceptors (Lipinski definition) is 4. The topological polar surface area (TPSA) is 72.2 Å². The first-order valence-electron chi connectivity index (χ1n) is 5.37. The number of rotatable bonds is 4. The molecule has 0 saturated heterocycles. The fourth-order valence-corrected chi connectivity index (χ4v) is 5.09. The third kappa shape index (κ3) is 2.90. The van der Waals surface area contributed by atoms with Crippen LogP contribution in [0.4, 0.5) is 0 Å². The number of nitrogens with one attached hydrogen (secondary N) is 1. The Kier molecular flexibility index (Phi) is 3.66. The molecule has 0 radical (unpaired) electrons. The van der Waals surface area contributed by atoms with Crippen molar-refractivity contribution in [2.24, 2.45) is 5.73 Å². The van der Waals surface area contributed by atoms with Crippen LogP contribution in [0.25, 0.3) is 0 Å². The normalized spacial score (nSPS) is 19.0. The molecular formula is C10H15BrN2O2S2. The van der Waals surface area contributed by atoms with Crippen LogP contribution in [0.2, 0.25) is 0 Å². The van der Waals surface area contributed by atoms with Gasteiger partial charge in [0, 0.05) is 12.1 Å². The highest BCUT2D eigenvalue weighted by atomic mass is 79.9. The lowest BCUT2D eigenvalue weighted by atomic mass is 9.78. The number of sulfonamides is 1. The Hall–Kier alpha value is 0.0500. The average Bonchev–Trinajstić information content (AvgIpc) is 2.54. The van der Waals surface area contributed by atoms with E-state index in [4.69, 9.17) is 5.73 Å². The molecule has 1 heterocycles. The Bertz CT molecular complexity index is 501. The number of thiophene rings is 1. The molecule has 0 atom stereocenters. The molecule has 0 amide bonds. The zero-order valence-electron chi connectivity index (χ0n) is 9.49. The summed E-state index contributed by atoms with van der Waals surface area (Å²) in [5.74, 6) is 0. The van der Waals surface area contributed by atoms with Crippen LogP contribution in [-0.4, -0.2) is 20.5 Å². The Morgan fingerprint density at radius 2 is 2.24 bits per heavy atom. The van der Waals surface area contributed by atoms with Crippen molar-refractivity contribution < 1.29 is 8.42 Å². The summed E-state index contributed by atoms with van der Waals surface area (Å²) >= 11 is 4.55. The summed E-state index contributed by atoms with van der Waals surface area (Å²) in [6, 6.07) is 1.67. The monoisotopic (exact) mass is 338 g/mol. The summed E-state index contributed by atoms with van der Waals surface area (Å²) in [5.41, 5.74) is 6.59. The third-order valence-electron chi connectivity index (χ3n) is 3.06. The second-order valence-electron chi connectivity index (χ2n) is 4.56. The molecular weight excluding hydrogens is 324 g/mol. The molecule has 4 nitrogen and oxygen atoms in total. The maximum atomic E-state index is 12.0. The van der Waals surface area contributed by atoms with E-state index in [-0.39, 0.29) is 5.54 Å². The van der Waals surface area contributed by atoms with Crippen LogP contribution in [-0.2, 0) is 10.0 Å². The van der Waals surface area contributed by atoms with Gasteiger partial charge in [0.05, 0.1) is 3.79 Å². The van der Waals surface area contributed by atoms with Crippen LogP contribution >= 0.6 is 27.3 Å². The first-order valence-corrected chi connectivity index (χ1v) is 8.46. The second-order valence-corrected chi connectivity index (χ2v) is 8.93. The van der Waals surface area contributed by atoms with Gasteiger partial charge in [0.2, 0.25) is 10.0 Å². The minimum atomic E-state index is -3.41. The molecule has 7 heteroatoms. The summed E-state index contributed by atoms with van der Waals surface area (Å²) in [6.07, 6.45) is 2.87. The van der Waals surface area contributed by atoms with Crippen molar-refractivity contribution in [1.82, 2.24) is 4.72 Å². The lowest BCUT2D eigenvalue weighted by molar-refractivity contribution is 0.251. The molecule has 1 saturated carbocycles. The molecule has 0 spiro atoms. The third-order valence-corrected chi connectivity index (χ3v) is 7.07. The highest BCUT2D eigenvalue weighted by Crippen LogP contribution is 2.32. The Morgan fingerprint density at radius 1 is 1.59 bits per heavy atom. The summed E-state index contributed by atoms with van der Waals surface area (Å²) in [6.45, 7) is 2.19. The zero-order valence-corrected chi connectivity index (χ0v) is 12.7. The molecule has 3 N–H and O–H groups in total. The first kappa shape index (κ1) is 13.5. The van der Waals surface area contributed by atoms with Gasteiger partial charge in [0.25, 0.3) is 0 Å². The predicted molar refractivity (Wildman–Crippen MR) is 72.7 cm³/mol. The van der Waals surface area contributed by atoms with Crippen LogP contribution in [0.3, 0.4) is 0 Å². The number of nitrogens with two attached hydrogens (primary N) is 1. The van der Waals surface area contributed by atoms with E-state index >= 15 is 0 Å². The number of halogens is 1.